The van der Waals surface area contributed by atoms with Crippen LogP contribution in [0.4, 0.5) is 15.6 Å². The number of aromatic nitrogens is 3. The highest BCUT2D eigenvalue weighted by Crippen LogP contribution is 2.21. The van der Waals surface area contributed by atoms with Crippen LogP contribution in [-0.4, -0.2) is 39.3 Å². The summed E-state index contributed by atoms with van der Waals surface area (Å²) in [6, 6.07) is -0.931. The van der Waals surface area contributed by atoms with E-state index >= 15 is 0 Å². The highest BCUT2D eigenvalue weighted by molar-refractivity contribution is 7.13. The van der Waals surface area contributed by atoms with Gasteiger partial charge in [-0.2, -0.15) is 5.10 Å². The van der Waals surface area contributed by atoms with Crippen LogP contribution < -0.4 is 15.5 Å². The van der Waals surface area contributed by atoms with Crippen molar-refractivity contribution in [3.63, 3.8) is 0 Å². The number of hydrogen-bond acceptors (Lipinski definition) is 5. The Bertz CT molecular complexity index is 740. The predicted molar refractivity (Wildman–Crippen MR) is 92.2 cm³/mol. The summed E-state index contributed by atoms with van der Waals surface area (Å²) in [6.07, 6.45) is 5.90. The minimum atomic E-state index is -0.528. The van der Waals surface area contributed by atoms with Crippen LogP contribution in [-0.2, 0) is 18.3 Å². The van der Waals surface area contributed by atoms with Gasteiger partial charge in [0.25, 0.3) is 0 Å². The number of carbonyl (C=O) groups is 2. The summed E-state index contributed by atoms with van der Waals surface area (Å²) in [5, 5.41) is 12.0. The Kier molecular flexibility index (Phi) is 4.79. The average molecular weight is 348 g/mol. The second-order valence-electron chi connectivity index (χ2n) is 5.70. The molecule has 8 nitrogen and oxygen atoms in total. The maximum atomic E-state index is 12.4. The normalized spacial score (nSPS) is 17.3. The Morgan fingerprint density at radius 3 is 3.04 bits per heavy atom. The number of thiazole rings is 1. The summed E-state index contributed by atoms with van der Waals surface area (Å²) in [6.45, 7) is 2.65. The lowest BCUT2D eigenvalue weighted by Crippen LogP contribution is -2.43. The van der Waals surface area contributed by atoms with Crippen molar-refractivity contribution in [3.8, 4) is 0 Å². The van der Waals surface area contributed by atoms with Gasteiger partial charge in [-0.05, 0) is 12.8 Å². The first-order chi connectivity index (χ1) is 11.6. The van der Waals surface area contributed by atoms with Gasteiger partial charge in [0.15, 0.2) is 5.13 Å². The first-order valence-electron chi connectivity index (χ1n) is 7.88. The third-order valence-corrected chi connectivity index (χ3v) is 4.60. The van der Waals surface area contributed by atoms with Crippen LogP contribution in [0.5, 0.6) is 0 Å². The largest absolute Gasteiger partial charge is 0.326 e. The lowest BCUT2D eigenvalue weighted by atomic mass is 10.2. The van der Waals surface area contributed by atoms with Crippen molar-refractivity contribution >= 4 is 34.1 Å². The number of hydrogen-bond donors (Lipinski definition) is 2. The minimum absolute atomic E-state index is 0.121. The highest BCUT2D eigenvalue weighted by atomic mass is 32.1. The number of urea groups is 1. The van der Waals surface area contributed by atoms with E-state index in [4.69, 9.17) is 0 Å². The molecule has 1 saturated heterocycles. The summed E-state index contributed by atoms with van der Waals surface area (Å²) in [5.74, 6) is -0.121. The third kappa shape index (κ3) is 3.56. The third-order valence-electron chi connectivity index (χ3n) is 3.79. The predicted octanol–water partition coefficient (Wildman–Crippen LogP) is 1.76. The summed E-state index contributed by atoms with van der Waals surface area (Å²) in [7, 11) is 1.80. The molecule has 2 N–H and O–H groups in total. The summed E-state index contributed by atoms with van der Waals surface area (Å²) >= 11 is 1.39. The van der Waals surface area contributed by atoms with Gasteiger partial charge in [0.2, 0.25) is 5.91 Å². The molecule has 1 atom stereocenters. The monoisotopic (exact) mass is 348 g/mol. The van der Waals surface area contributed by atoms with Gasteiger partial charge in [0.1, 0.15) is 6.04 Å². The second kappa shape index (κ2) is 7.00. The lowest BCUT2D eigenvalue weighted by Gasteiger charge is -2.15. The minimum Gasteiger partial charge on any atom is -0.326 e. The van der Waals surface area contributed by atoms with Crippen LogP contribution in [0.15, 0.2) is 17.8 Å². The van der Waals surface area contributed by atoms with Crippen molar-refractivity contribution in [1.29, 1.82) is 0 Å². The Labute approximate surface area is 143 Å². The van der Waals surface area contributed by atoms with Gasteiger partial charge in [0, 0.05) is 25.2 Å². The van der Waals surface area contributed by atoms with E-state index in [0.717, 1.165) is 24.2 Å². The quantitative estimate of drug-likeness (QED) is 0.861. The number of nitrogens with one attached hydrogen (secondary N) is 2. The van der Waals surface area contributed by atoms with Gasteiger partial charge >= 0.3 is 6.03 Å². The Balaban J connectivity index is 1.55. The molecular weight excluding hydrogens is 328 g/mol. The van der Waals surface area contributed by atoms with Crippen LogP contribution in [0.1, 0.15) is 25.5 Å². The van der Waals surface area contributed by atoms with Crippen molar-refractivity contribution in [2.24, 2.45) is 7.05 Å². The van der Waals surface area contributed by atoms with Crippen LogP contribution in [0.3, 0.4) is 0 Å². The fraction of sp³-hybridized carbons (Fsp3) is 0.467. The molecule has 2 aromatic rings. The van der Waals surface area contributed by atoms with E-state index in [1.165, 1.54) is 11.3 Å². The summed E-state index contributed by atoms with van der Waals surface area (Å²) in [5.41, 5.74) is 1.72. The molecule has 24 heavy (non-hydrogen) atoms. The molecule has 0 spiro atoms. The number of rotatable bonds is 5. The fourth-order valence-corrected chi connectivity index (χ4v) is 3.38. The van der Waals surface area contributed by atoms with Crippen molar-refractivity contribution in [1.82, 2.24) is 20.1 Å². The van der Waals surface area contributed by atoms with E-state index in [0.29, 0.717) is 18.1 Å². The SMILES string of the molecule is CCCc1csc(NC(=O)NC2CCN(c3cnn(C)c3)C2=O)n1. The van der Waals surface area contributed by atoms with Crippen molar-refractivity contribution in [2.45, 2.75) is 32.2 Å². The number of carbonyl (C=O) groups excluding carboxylic acids is 2. The zero-order valence-electron chi connectivity index (χ0n) is 13.7. The van der Waals surface area contributed by atoms with Crippen molar-refractivity contribution in [3.05, 3.63) is 23.5 Å². The van der Waals surface area contributed by atoms with Crippen LogP contribution in [0, 0.1) is 0 Å². The van der Waals surface area contributed by atoms with Crippen LogP contribution in [0.25, 0.3) is 0 Å². The molecule has 1 aliphatic rings. The molecule has 0 aliphatic carbocycles. The summed E-state index contributed by atoms with van der Waals surface area (Å²) in [4.78, 5) is 30.5. The molecule has 0 radical (unpaired) electrons. The molecule has 1 aliphatic heterocycles. The maximum Gasteiger partial charge on any atom is 0.321 e. The number of aryl methyl sites for hydroxylation is 2. The average Bonchev–Trinajstić information content (AvgIpc) is 3.23. The van der Waals surface area contributed by atoms with Crippen molar-refractivity contribution < 1.29 is 9.59 Å². The molecule has 3 rings (SSSR count). The molecule has 0 aromatic carbocycles. The molecule has 3 heterocycles. The molecule has 128 valence electrons. The molecule has 0 bridgehead atoms. The maximum absolute atomic E-state index is 12.4. The number of amides is 3. The first kappa shape index (κ1) is 16.4. The van der Waals surface area contributed by atoms with Gasteiger partial charge in [-0.1, -0.05) is 13.3 Å². The first-order valence-corrected chi connectivity index (χ1v) is 8.76. The Hall–Kier alpha value is -2.42. The highest BCUT2D eigenvalue weighted by Gasteiger charge is 2.34. The summed E-state index contributed by atoms with van der Waals surface area (Å²) < 4.78 is 1.65. The standard InChI is InChI=1S/C15H20N6O2S/c1-3-4-10-9-24-15(17-10)19-14(23)18-12-5-6-21(13(12)22)11-7-16-20(2)8-11/h7-9,12H,3-6H2,1-2H3,(H2,17,18,19,23). The topological polar surface area (TPSA) is 92.2 Å². The fourth-order valence-electron chi connectivity index (χ4n) is 2.64. The van der Waals surface area contributed by atoms with E-state index in [1.54, 1.807) is 29.0 Å². The van der Waals surface area contributed by atoms with Gasteiger partial charge in [-0.25, -0.2) is 9.78 Å². The van der Waals surface area contributed by atoms with Gasteiger partial charge < -0.3 is 10.2 Å². The van der Waals surface area contributed by atoms with E-state index in [1.807, 2.05) is 5.38 Å². The zero-order valence-corrected chi connectivity index (χ0v) is 14.5. The van der Waals surface area contributed by atoms with Gasteiger partial charge in [0.05, 0.1) is 17.6 Å². The Morgan fingerprint density at radius 2 is 2.33 bits per heavy atom. The van der Waals surface area contributed by atoms with E-state index < -0.39 is 12.1 Å². The molecule has 1 unspecified atom stereocenters. The Morgan fingerprint density at radius 1 is 1.50 bits per heavy atom. The molecular formula is C15H20N6O2S. The number of nitrogens with zero attached hydrogens (tertiary/aromatic N) is 4. The second-order valence-corrected chi connectivity index (χ2v) is 6.55. The van der Waals surface area contributed by atoms with E-state index in [9.17, 15) is 9.59 Å². The molecule has 0 saturated carbocycles. The molecule has 9 heteroatoms. The molecule has 1 fully saturated rings. The smallest absolute Gasteiger partial charge is 0.321 e. The van der Waals surface area contributed by atoms with Gasteiger partial charge in [-0.15, -0.1) is 11.3 Å². The molecule has 3 amide bonds. The lowest BCUT2D eigenvalue weighted by molar-refractivity contribution is -0.118. The van der Waals surface area contributed by atoms with Gasteiger partial charge in [-0.3, -0.25) is 14.8 Å². The van der Waals surface area contributed by atoms with Crippen LogP contribution >= 0.6 is 11.3 Å². The van der Waals surface area contributed by atoms with E-state index in [-0.39, 0.29) is 5.91 Å². The number of anilines is 2. The van der Waals surface area contributed by atoms with Crippen LogP contribution in [0.2, 0.25) is 0 Å². The zero-order chi connectivity index (χ0) is 17.1. The molecule has 2 aromatic heterocycles. The van der Waals surface area contributed by atoms with E-state index in [2.05, 4.69) is 27.6 Å². The van der Waals surface area contributed by atoms with Crippen molar-refractivity contribution in [2.75, 3.05) is 16.8 Å².